The van der Waals surface area contributed by atoms with E-state index in [9.17, 15) is 4.79 Å². The number of benzene rings is 1. The molecule has 0 spiro atoms. The molecule has 1 aliphatic heterocycles. The number of rotatable bonds is 3. The Labute approximate surface area is 117 Å². The first-order chi connectivity index (χ1) is 8.95. The van der Waals surface area contributed by atoms with E-state index in [2.05, 4.69) is 6.07 Å². The molecule has 0 atom stereocenters. The number of anilines is 2. The SMILES string of the molecule is CC1(C)Sc2cc(N)ccc2N(CCCC#N)C1=O. The lowest BCUT2D eigenvalue weighted by molar-refractivity contribution is -0.120. The molecular formula is C14H17N3OS. The van der Waals surface area contributed by atoms with E-state index in [-0.39, 0.29) is 5.91 Å². The second-order valence-electron chi connectivity index (χ2n) is 5.06. The van der Waals surface area contributed by atoms with Crippen molar-refractivity contribution in [2.24, 2.45) is 0 Å². The van der Waals surface area contributed by atoms with E-state index < -0.39 is 4.75 Å². The largest absolute Gasteiger partial charge is 0.399 e. The lowest BCUT2D eigenvalue weighted by Gasteiger charge is -2.38. The van der Waals surface area contributed by atoms with Crippen molar-refractivity contribution in [2.45, 2.75) is 36.3 Å². The first-order valence-electron chi connectivity index (χ1n) is 6.23. The molecule has 1 aliphatic rings. The fourth-order valence-electron chi connectivity index (χ4n) is 2.13. The molecule has 0 aliphatic carbocycles. The quantitative estimate of drug-likeness (QED) is 0.680. The van der Waals surface area contributed by atoms with Gasteiger partial charge < -0.3 is 10.6 Å². The summed E-state index contributed by atoms with van der Waals surface area (Å²) in [6, 6.07) is 7.71. The summed E-state index contributed by atoms with van der Waals surface area (Å²) < 4.78 is -0.493. The Morgan fingerprint density at radius 3 is 2.89 bits per heavy atom. The molecule has 0 unspecified atom stereocenters. The number of nitrogens with two attached hydrogens (primary N) is 1. The number of carbonyl (C=O) groups is 1. The Morgan fingerprint density at radius 1 is 1.47 bits per heavy atom. The molecule has 1 aromatic rings. The van der Waals surface area contributed by atoms with Crippen molar-refractivity contribution in [2.75, 3.05) is 17.2 Å². The monoisotopic (exact) mass is 275 g/mol. The van der Waals surface area contributed by atoms with Gasteiger partial charge in [-0.05, 0) is 38.5 Å². The van der Waals surface area contributed by atoms with Gasteiger partial charge in [-0.15, -0.1) is 11.8 Å². The van der Waals surface area contributed by atoms with Crippen LogP contribution in [-0.2, 0) is 4.79 Å². The number of carbonyl (C=O) groups excluding carboxylic acids is 1. The van der Waals surface area contributed by atoms with Crippen LogP contribution in [0.5, 0.6) is 0 Å². The number of amides is 1. The molecule has 19 heavy (non-hydrogen) atoms. The average molecular weight is 275 g/mol. The zero-order valence-electron chi connectivity index (χ0n) is 11.1. The van der Waals surface area contributed by atoms with Crippen LogP contribution in [0.3, 0.4) is 0 Å². The maximum atomic E-state index is 12.5. The topological polar surface area (TPSA) is 70.1 Å². The molecule has 5 heteroatoms. The maximum absolute atomic E-state index is 12.5. The van der Waals surface area contributed by atoms with Crippen LogP contribution in [0, 0.1) is 11.3 Å². The van der Waals surface area contributed by atoms with Crippen molar-refractivity contribution in [1.29, 1.82) is 5.26 Å². The van der Waals surface area contributed by atoms with Crippen molar-refractivity contribution < 1.29 is 4.79 Å². The van der Waals surface area contributed by atoms with E-state index in [0.717, 1.165) is 10.6 Å². The molecule has 2 rings (SSSR count). The zero-order valence-corrected chi connectivity index (χ0v) is 12.0. The number of nitrogen functional groups attached to an aromatic ring is 1. The van der Waals surface area contributed by atoms with Gasteiger partial charge in [-0.2, -0.15) is 5.26 Å². The Bertz CT molecular complexity index is 548. The number of nitrogens with zero attached hydrogens (tertiary/aromatic N) is 2. The molecule has 1 heterocycles. The Hall–Kier alpha value is -1.67. The predicted molar refractivity (Wildman–Crippen MR) is 78.0 cm³/mol. The van der Waals surface area contributed by atoms with Crippen LogP contribution in [-0.4, -0.2) is 17.2 Å². The van der Waals surface area contributed by atoms with Crippen LogP contribution in [0.2, 0.25) is 0 Å². The van der Waals surface area contributed by atoms with E-state index in [1.807, 2.05) is 32.0 Å². The van der Waals surface area contributed by atoms with Crippen LogP contribution < -0.4 is 10.6 Å². The number of hydrogen-bond acceptors (Lipinski definition) is 4. The van der Waals surface area contributed by atoms with Crippen LogP contribution in [0.25, 0.3) is 0 Å². The van der Waals surface area contributed by atoms with Crippen molar-refractivity contribution in [3.8, 4) is 6.07 Å². The third kappa shape index (κ3) is 2.69. The van der Waals surface area contributed by atoms with E-state index in [1.54, 1.807) is 16.7 Å². The van der Waals surface area contributed by atoms with Gasteiger partial charge in [0.05, 0.1) is 16.5 Å². The van der Waals surface area contributed by atoms with Crippen LogP contribution in [0.15, 0.2) is 23.1 Å². The molecule has 1 amide bonds. The van der Waals surface area contributed by atoms with Crippen LogP contribution in [0.4, 0.5) is 11.4 Å². The van der Waals surface area contributed by atoms with Crippen molar-refractivity contribution in [3.05, 3.63) is 18.2 Å². The molecule has 0 bridgehead atoms. The lowest BCUT2D eigenvalue weighted by atomic mass is 10.1. The molecule has 0 radical (unpaired) electrons. The van der Waals surface area contributed by atoms with E-state index in [4.69, 9.17) is 11.0 Å². The molecule has 0 aromatic heterocycles. The Morgan fingerprint density at radius 2 is 2.21 bits per heavy atom. The molecule has 1 aromatic carbocycles. The fourth-order valence-corrected chi connectivity index (χ4v) is 3.35. The number of fused-ring (bicyclic) bond motifs is 1. The fraction of sp³-hybridized carbons (Fsp3) is 0.429. The van der Waals surface area contributed by atoms with E-state index >= 15 is 0 Å². The molecule has 2 N–H and O–H groups in total. The summed E-state index contributed by atoms with van der Waals surface area (Å²) in [7, 11) is 0. The Kier molecular flexibility index (Phi) is 3.72. The lowest BCUT2D eigenvalue weighted by Crippen LogP contribution is -2.46. The highest BCUT2D eigenvalue weighted by atomic mass is 32.2. The van der Waals surface area contributed by atoms with Gasteiger partial charge in [0, 0.05) is 23.5 Å². The number of thioether (sulfide) groups is 1. The minimum atomic E-state index is -0.493. The molecule has 0 fully saturated rings. The summed E-state index contributed by atoms with van der Waals surface area (Å²) in [6.07, 6.45) is 1.15. The molecule has 4 nitrogen and oxygen atoms in total. The molecule has 0 saturated heterocycles. The first-order valence-corrected chi connectivity index (χ1v) is 7.05. The van der Waals surface area contributed by atoms with Gasteiger partial charge >= 0.3 is 0 Å². The average Bonchev–Trinajstić information content (AvgIpc) is 2.33. The molecular weight excluding hydrogens is 258 g/mol. The number of nitriles is 1. The number of hydrogen-bond donors (Lipinski definition) is 1. The predicted octanol–water partition coefficient (Wildman–Crippen LogP) is 2.79. The van der Waals surface area contributed by atoms with Crippen molar-refractivity contribution >= 4 is 29.0 Å². The van der Waals surface area contributed by atoms with Gasteiger partial charge in [0.15, 0.2) is 0 Å². The van der Waals surface area contributed by atoms with Gasteiger partial charge in [0.25, 0.3) is 0 Å². The van der Waals surface area contributed by atoms with E-state index in [1.165, 1.54) is 0 Å². The van der Waals surface area contributed by atoms with Crippen LogP contribution in [0.1, 0.15) is 26.7 Å². The Balaban J connectivity index is 2.35. The van der Waals surface area contributed by atoms with Gasteiger partial charge in [-0.25, -0.2) is 0 Å². The third-order valence-electron chi connectivity index (χ3n) is 3.07. The van der Waals surface area contributed by atoms with Gasteiger partial charge in [0.2, 0.25) is 5.91 Å². The summed E-state index contributed by atoms with van der Waals surface area (Å²) in [5.74, 6) is 0.0905. The highest BCUT2D eigenvalue weighted by Gasteiger charge is 2.39. The minimum absolute atomic E-state index is 0.0905. The second kappa shape index (κ2) is 5.14. The highest BCUT2D eigenvalue weighted by Crippen LogP contribution is 2.45. The summed E-state index contributed by atoms with van der Waals surface area (Å²) in [4.78, 5) is 15.3. The summed E-state index contributed by atoms with van der Waals surface area (Å²) >= 11 is 1.54. The van der Waals surface area contributed by atoms with Crippen molar-refractivity contribution in [1.82, 2.24) is 0 Å². The van der Waals surface area contributed by atoms with E-state index in [0.29, 0.717) is 25.1 Å². The van der Waals surface area contributed by atoms with Gasteiger partial charge in [0.1, 0.15) is 0 Å². The number of unbranched alkanes of at least 4 members (excludes halogenated alkanes) is 1. The third-order valence-corrected chi connectivity index (χ3v) is 4.30. The standard InChI is InChI=1S/C14H17N3OS/c1-14(2)13(18)17(8-4-3-7-15)11-6-5-10(16)9-12(11)19-14/h5-6,9H,3-4,8,16H2,1-2H3. The molecule has 0 saturated carbocycles. The summed E-state index contributed by atoms with van der Waals surface area (Å²) in [6.45, 7) is 4.42. The van der Waals surface area contributed by atoms with Crippen LogP contribution >= 0.6 is 11.8 Å². The highest BCUT2D eigenvalue weighted by molar-refractivity contribution is 8.01. The molecule has 100 valence electrons. The summed E-state index contributed by atoms with van der Waals surface area (Å²) in [5, 5.41) is 8.62. The second-order valence-corrected chi connectivity index (χ2v) is 6.72. The minimum Gasteiger partial charge on any atom is -0.399 e. The van der Waals surface area contributed by atoms with Crippen molar-refractivity contribution in [3.63, 3.8) is 0 Å². The first kappa shape index (κ1) is 13.8. The maximum Gasteiger partial charge on any atom is 0.243 e. The normalized spacial score (nSPS) is 16.9. The smallest absolute Gasteiger partial charge is 0.243 e. The zero-order chi connectivity index (χ0) is 14.0. The van der Waals surface area contributed by atoms with Gasteiger partial charge in [-0.3, -0.25) is 4.79 Å². The summed E-state index contributed by atoms with van der Waals surface area (Å²) in [5.41, 5.74) is 7.42. The van der Waals surface area contributed by atoms with Gasteiger partial charge in [-0.1, -0.05) is 0 Å².